The Morgan fingerprint density at radius 3 is 2.43 bits per heavy atom. The molecule has 0 spiro atoms. The van der Waals surface area contributed by atoms with Gasteiger partial charge >= 0.3 is 0 Å². The molecule has 1 aromatic rings. The Kier molecular flexibility index (Phi) is 9.82. The summed E-state index contributed by atoms with van der Waals surface area (Å²) in [5.74, 6) is 2.76. The maximum Gasteiger partial charge on any atom is 0.193 e. The highest BCUT2D eigenvalue weighted by molar-refractivity contribution is 14.0. The zero-order valence-electron chi connectivity index (χ0n) is 14.1. The lowest BCUT2D eigenvalue weighted by molar-refractivity contribution is 0.312. The fourth-order valence-electron chi connectivity index (χ4n) is 2.47. The third-order valence-corrected chi connectivity index (χ3v) is 3.63. The Bertz CT molecular complexity index is 459. The first-order valence-corrected chi connectivity index (χ1v) is 8.13. The van der Waals surface area contributed by atoms with Crippen molar-refractivity contribution in [2.45, 2.75) is 26.2 Å². The number of ether oxygens (including phenoxy) is 2. The summed E-state index contributed by atoms with van der Waals surface area (Å²) in [5, 5.41) is 3.37. The molecule has 0 bridgehead atoms. The fraction of sp³-hybridized carbons (Fsp3) is 0.588. The topological polar surface area (TPSA) is 46.1 Å². The Labute approximate surface area is 156 Å². The van der Waals surface area contributed by atoms with Gasteiger partial charge in [-0.1, -0.05) is 0 Å². The number of methoxy groups -OCH3 is 1. The number of nitrogens with zero attached hydrogens (tertiary/aromatic N) is 2. The van der Waals surface area contributed by atoms with Crippen molar-refractivity contribution < 1.29 is 9.47 Å². The smallest absolute Gasteiger partial charge is 0.193 e. The van der Waals surface area contributed by atoms with Gasteiger partial charge in [-0.05, 0) is 44.0 Å². The van der Waals surface area contributed by atoms with Gasteiger partial charge in [-0.3, -0.25) is 4.99 Å². The lowest BCUT2D eigenvalue weighted by atomic mass is 10.3. The molecule has 2 rings (SSSR count). The van der Waals surface area contributed by atoms with Gasteiger partial charge in [0.05, 0.1) is 13.7 Å². The van der Waals surface area contributed by atoms with Crippen molar-refractivity contribution in [1.29, 1.82) is 0 Å². The van der Waals surface area contributed by atoms with Crippen molar-refractivity contribution in [3.63, 3.8) is 0 Å². The standard InChI is InChI=1S/C17H27N3O2.HI/c1-3-18-17(20-12-4-5-13-20)19-11-6-14-22-16-9-7-15(21-2)8-10-16;/h7-10H,3-6,11-14H2,1-2H3,(H,18,19);1H. The van der Waals surface area contributed by atoms with Crippen molar-refractivity contribution in [2.24, 2.45) is 4.99 Å². The Hall–Kier alpha value is -1.18. The van der Waals surface area contributed by atoms with Gasteiger partial charge in [0, 0.05) is 32.6 Å². The molecule has 1 aromatic carbocycles. The summed E-state index contributed by atoms with van der Waals surface area (Å²) in [6.07, 6.45) is 3.45. The molecule has 6 heteroatoms. The van der Waals surface area contributed by atoms with Gasteiger partial charge in [0.15, 0.2) is 5.96 Å². The number of rotatable bonds is 7. The summed E-state index contributed by atoms with van der Waals surface area (Å²) >= 11 is 0. The van der Waals surface area contributed by atoms with E-state index in [0.717, 1.165) is 50.1 Å². The minimum absolute atomic E-state index is 0. The van der Waals surface area contributed by atoms with E-state index in [1.165, 1.54) is 12.8 Å². The molecule has 0 radical (unpaired) electrons. The van der Waals surface area contributed by atoms with Crippen LogP contribution in [0.1, 0.15) is 26.2 Å². The van der Waals surface area contributed by atoms with E-state index in [4.69, 9.17) is 9.47 Å². The quantitative estimate of drug-likeness (QED) is 0.311. The molecule has 0 saturated carbocycles. The molecule has 0 aliphatic carbocycles. The van der Waals surface area contributed by atoms with E-state index in [1.807, 2.05) is 24.3 Å². The highest BCUT2D eigenvalue weighted by Gasteiger charge is 2.14. The number of hydrogen-bond acceptors (Lipinski definition) is 3. The second-order valence-electron chi connectivity index (χ2n) is 5.31. The molecule has 1 aliphatic heterocycles. The monoisotopic (exact) mass is 433 g/mol. The van der Waals surface area contributed by atoms with Crippen LogP contribution in [0, 0.1) is 0 Å². The number of likely N-dealkylation sites (tertiary alicyclic amines) is 1. The maximum atomic E-state index is 5.71. The highest BCUT2D eigenvalue weighted by Crippen LogP contribution is 2.17. The molecule has 5 nitrogen and oxygen atoms in total. The Morgan fingerprint density at radius 2 is 1.83 bits per heavy atom. The van der Waals surface area contributed by atoms with Gasteiger partial charge in [0.25, 0.3) is 0 Å². The Morgan fingerprint density at radius 1 is 1.17 bits per heavy atom. The van der Waals surface area contributed by atoms with Crippen molar-refractivity contribution in [1.82, 2.24) is 10.2 Å². The molecule has 1 N–H and O–H groups in total. The average Bonchev–Trinajstić information content (AvgIpc) is 3.08. The van der Waals surface area contributed by atoms with E-state index >= 15 is 0 Å². The van der Waals surface area contributed by atoms with Crippen LogP contribution < -0.4 is 14.8 Å². The third-order valence-electron chi connectivity index (χ3n) is 3.63. The SMILES string of the molecule is CCNC(=NCCCOc1ccc(OC)cc1)N1CCCC1.I. The molecule has 1 heterocycles. The summed E-state index contributed by atoms with van der Waals surface area (Å²) < 4.78 is 10.8. The number of benzene rings is 1. The van der Waals surface area contributed by atoms with Gasteiger partial charge in [0.2, 0.25) is 0 Å². The molecular formula is C17H28IN3O2. The van der Waals surface area contributed by atoms with Crippen LogP contribution in [0.5, 0.6) is 11.5 Å². The summed E-state index contributed by atoms with van der Waals surface area (Å²) in [6.45, 7) is 6.72. The largest absolute Gasteiger partial charge is 0.497 e. The molecule has 23 heavy (non-hydrogen) atoms. The molecular weight excluding hydrogens is 405 g/mol. The number of nitrogens with one attached hydrogen (secondary N) is 1. The van der Waals surface area contributed by atoms with E-state index in [1.54, 1.807) is 7.11 Å². The van der Waals surface area contributed by atoms with Gasteiger partial charge < -0.3 is 19.7 Å². The van der Waals surface area contributed by atoms with Crippen LogP contribution in [-0.4, -0.2) is 50.8 Å². The maximum absolute atomic E-state index is 5.71. The fourth-order valence-corrected chi connectivity index (χ4v) is 2.47. The minimum atomic E-state index is 0. The van der Waals surface area contributed by atoms with E-state index < -0.39 is 0 Å². The van der Waals surface area contributed by atoms with Gasteiger partial charge in [-0.25, -0.2) is 0 Å². The minimum Gasteiger partial charge on any atom is -0.497 e. The first-order valence-electron chi connectivity index (χ1n) is 8.13. The van der Waals surface area contributed by atoms with Crippen LogP contribution in [0.4, 0.5) is 0 Å². The molecule has 1 aliphatic rings. The number of halogens is 1. The first kappa shape index (κ1) is 19.9. The second-order valence-corrected chi connectivity index (χ2v) is 5.31. The van der Waals surface area contributed by atoms with E-state index in [-0.39, 0.29) is 24.0 Å². The van der Waals surface area contributed by atoms with Crippen molar-refractivity contribution in [3.8, 4) is 11.5 Å². The molecule has 1 fully saturated rings. The zero-order valence-corrected chi connectivity index (χ0v) is 16.4. The van der Waals surface area contributed by atoms with Crippen molar-refractivity contribution in [2.75, 3.05) is 39.9 Å². The van der Waals surface area contributed by atoms with Crippen molar-refractivity contribution in [3.05, 3.63) is 24.3 Å². The first-order chi connectivity index (χ1) is 10.8. The summed E-state index contributed by atoms with van der Waals surface area (Å²) in [7, 11) is 1.66. The predicted octanol–water partition coefficient (Wildman–Crippen LogP) is 3.14. The van der Waals surface area contributed by atoms with Crippen LogP contribution in [0.15, 0.2) is 29.3 Å². The molecule has 0 unspecified atom stereocenters. The predicted molar refractivity (Wildman–Crippen MR) is 105 cm³/mol. The van der Waals surface area contributed by atoms with Gasteiger partial charge in [0.1, 0.15) is 11.5 Å². The lowest BCUT2D eigenvalue weighted by Gasteiger charge is -2.20. The normalized spacial score (nSPS) is 14.3. The van der Waals surface area contributed by atoms with Gasteiger partial charge in [-0.15, -0.1) is 24.0 Å². The van der Waals surface area contributed by atoms with E-state index in [0.29, 0.717) is 6.61 Å². The van der Waals surface area contributed by atoms with E-state index in [2.05, 4.69) is 22.1 Å². The summed E-state index contributed by atoms with van der Waals surface area (Å²) in [6, 6.07) is 7.67. The second kappa shape index (κ2) is 11.4. The van der Waals surface area contributed by atoms with Crippen LogP contribution in [0.3, 0.4) is 0 Å². The zero-order chi connectivity index (χ0) is 15.6. The average molecular weight is 433 g/mol. The van der Waals surface area contributed by atoms with Crippen LogP contribution in [-0.2, 0) is 0 Å². The van der Waals surface area contributed by atoms with Crippen molar-refractivity contribution >= 4 is 29.9 Å². The highest BCUT2D eigenvalue weighted by atomic mass is 127. The number of aliphatic imine (C=N–C) groups is 1. The third kappa shape index (κ3) is 6.85. The van der Waals surface area contributed by atoms with Crippen LogP contribution in [0.2, 0.25) is 0 Å². The number of hydrogen-bond donors (Lipinski definition) is 1. The van der Waals surface area contributed by atoms with Crippen LogP contribution >= 0.6 is 24.0 Å². The lowest BCUT2D eigenvalue weighted by Crippen LogP contribution is -2.39. The molecule has 0 amide bonds. The Balaban J connectivity index is 0.00000264. The van der Waals surface area contributed by atoms with Gasteiger partial charge in [-0.2, -0.15) is 0 Å². The molecule has 1 saturated heterocycles. The summed E-state index contributed by atoms with van der Waals surface area (Å²) in [5.41, 5.74) is 0. The van der Waals surface area contributed by atoms with E-state index in [9.17, 15) is 0 Å². The molecule has 0 aromatic heterocycles. The molecule has 0 atom stereocenters. The summed E-state index contributed by atoms with van der Waals surface area (Å²) in [4.78, 5) is 7.03. The molecule has 130 valence electrons. The number of guanidine groups is 1. The van der Waals surface area contributed by atoms with Crippen LogP contribution in [0.25, 0.3) is 0 Å².